The molecule has 1 aromatic carbocycles. The molecular formula is C24H20N2O4. The summed E-state index contributed by atoms with van der Waals surface area (Å²) in [6.45, 7) is 3.78. The highest BCUT2D eigenvalue weighted by Crippen LogP contribution is 2.38. The van der Waals surface area contributed by atoms with Gasteiger partial charge in [-0.2, -0.15) is 0 Å². The van der Waals surface area contributed by atoms with E-state index < -0.39 is 0 Å². The van der Waals surface area contributed by atoms with E-state index in [0.717, 1.165) is 57.6 Å². The molecule has 0 fully saturated rings. The van der Waals surface area contributed by atoms with E-state index in [4.69, 9.17) is 18.7 Å². The first-order chi connectivity index (χ1) is 14.6. The molecule has 0 saturated carbocycles. The van der Waals surface area contributed by atoms with Crippen LogP contribution in [-0.2, 0) is 17.8 Å². The summed E-state index contributed by atoms with van der Waals surface area (Å²) in [6.07, 6.45) is 5.17. The molecule has 0 radical (unpaired) electrons. The zero-order valence-electron chi connectivity index (χ0n) is 16.8. The Labute approximate surface area is 173 Å². The van der Waals surface area contributed by atoms with Gasteiger partial charge in [0.25, 0.3) is 0 Å². The maximum absolute atomic E-state index is 13.2. The number of hydrogen-bond acceptors (Lipinski definition) is 6. The highest BCUT2D eigenvalue weighted by atomic mass is 16.5. The summed E-state index contributed by atoms with van der Waals surface area (Å²) < 4.78 is 16.3. The number of allylic oxidation sites excluding steroid dienone is 1. The summed E-state index contributed by atoms with van der Waals surface area (Å²) in [5, 5.41) is 4.73. The summed E-state index contributed by atoms with van der Waals surface area (Å²) in [5.41, 5.74) is 5.72. The number of para-hydroxylation sites is 1. The zero-order valence-corrected chi connectivity index (χ0v) is 16.8. The van der Waals surface area contributed by atoms with E-state index in [-0.39, 0.29) is 12.6 Å². The first-order valence-electron chi connectivity index (χ1n) is 9.86. The Hall–Kier alpha value is -3.67. The van der Waals surface area contributed by atoms with Crippen LogP contribution in [0.5, 0.6) is 0 Å². The molecule has 6 heteroatoms. The van der Waals surface area contributed by atoms with Crippen molar-refractivity contribution in [1.29, 1.82) is 0 Å². The fraction of sp³-hybridized carbons (Fsp3) is 0.208. The van der Waals surface area contributed by atoms with Crippen LogP contribution >= 0.6 is 0 Å². The van der Waals surface area contributed by atoms with Crippen LogP contribution in [-0.4, -0.2) is 16.1 Å². The van der Waals surface area contributed by atoms with E-state index in [1.165, 1.54) is 0 Å². The van der Waals surface area contributed by atoms with Gasteiger partial charge in [0.1, 0.15) is 18.1 Å². The van der Waals surface area contributed by atoms with Crippen molar-refractivity contribution in [2.75, 3.05) is 0 Å². The number of ether oxygens (including phenoxy) is 1. The van der Waals surface area contributed by atoms with E-state index in [1.54, 1.807) is 6.26 Å². The van der Waals surface area contributed by atoms with Crippen LogP contribution in [0.1, 0.15) is 50.8 Å². The van der Waals surface area contributed by atoms with Crippen LogP contribution in [0.15, 0.2) is 51.6 Å². The summed E-state index contributed by atoms with van der Waals surface area (Å²) in [6, 6.07) is 11.4. The molecule has 0 N–H and O–H groups in total. The lowest BCUT2D eigenvalue weighted by atomic mass is 10.0. The molecule has 1 aliphatic rings. The van der Waals surface area contributed by atoms with E-state index in [2.05, 4.69) is 5.16 Å². The van der Waals surface area contributed by atoms with Crippen molar-refractivity contribution in [3.05, 3.63) is 82.3 Å². The number of benzene rings is 1. The maximum Gasteiger partial charge on any atom is 0.339 e. The minimum absolute atomic E-state index is 0.126. The van der Waals surface area contributed by atoms with Crippen molar-refractivity contribution in [3.63, 3.8) is 0 Å². The van der Waals surface area contributed by atoms with E-state index in [0.29, 0.717) is 11.3 Å². The number of fused-ring (bicyclic) bond motifs is 2. The van der Waals surface area contributed by atoms with Gasteiger partial charge in [0.05, 0.1) is 34.3 Å². The van der Waals surface area contributed by atoms with Gasteiger partial charge in [0.2, 0.25) is 0 Å². The quantitative estimate of drug-likeness (QED) is 0.434. The van der Waals surface area contributed by atoms with Crippen molar-refractivity contribution < 1.29 is 18.5 Å². The molecule has 0 unspecified atom stereocenters. The van der Waals surface area contributed by atoms with Crippen LogP contribution in [0.3, 0.4) is 0 Å². The number of nitrogens with zero attached hydrogens (tertiary/aromatic N) is 2. The van der Waals surface area contributed by atoms with Gasteiger partial charge >= 0.3 is 5.97 Å². The minimum atomic E-state index is -0.357. The lowest BCUT2D eigenvalue weighted by Gasteiger charge is -2.12. The van der Waals surface area contributed by atoms with Gasteiger partial charge in [-0.3, -0.25) is 0 Å². The number of rotatable bonds is 4. The third kappa shape index (κ3) is 3.10. The van der Waals surface area contributed by atoms with Gasteiger partial charge in [0, 0.05) is 5.39 Å². The summed E-state index contributed by atoms with van der Waals surface area (Å²) in [7, 11) is 0. The molecular weight excluding hydrogens is 380 g/mol. The molecule has 0 spiro atoms. The molecule has 150 valence electrons. The second-order valence-corrected chi connectivity index (χ2v) is 7.39. The molecule has 6 nitrogen and oxygen atoms in total. The summed E-state index contributed by atoms with van der Waals surface area (Å²) in [5.74, 6) is 1.08. The first-order valence-corrected chi connectivity index (χ1v) is 9.86. The number of esters is 1. The molecule has 4 aromatic rings. The number of hydrogen-bond donors (Lipinski definition) is 0. The predicted molar refractivity (Wildman–Crippen MR) is 112 cm³/mol. The normalized spacial score (nSPS) is 14.4. The highest BCUT2D eigenvalue weighted by Gasteiger charge is 2.28. The maximum atomic E-state index is 13.2. The number of aryl methyl sites for hydroxylation is 2. The number of furan rings is 1. The molecule has 0 amide bonds. The standard InChI is InChI=1S/C24H20N2O4/c1-14-20(15(2)30-26-14)13-29-24(27)22-18-7-3-4-8-21(18)25-23-16(9-10-19(22)23)12-17-6-5-11-28-17/h3-8,11-12H,9-10,13H2,1-2H3/b16-12+. The van der Waals surface area contributed by atoms with Crippen molar-refractivity contribution in [2.45, 2.75) is 33.3 Å². The Balaban J connectivity index is 1.57. The largest absolute Gasteiger partial charge is 0.465 e. The van der Waals surface area contributed by atoms with Gasteiger partial charge in [-0.05, 0) is 62.1 Å². The molecule has 3 heterocycles. The van der Waals surface area contributed by atoms with Crippen molar-refractivity contribution in [3.8, 4) is 0 Å². The van der Waals surface area contributed by atoms with Crippen LogP contribution in [0.4, 0.5) is 0 Å². The number of aromatic nitrogens is 2. The SMILES string of the molecule is Cc1noc(C)c1COC(=O)c1c2c(nc3ccccc13)/C(=C/c1ccco1)CC2. The number of pyridine rings is 1. The van der Waals surface area contributed by atoms with Crippen molar-refractivity contribution >= 4 is 28.5 Å². The average molecular weight is 400 g/mol. The Morgan fingerprint density at radius 3 is 2.80 bits per heavy atom. The molecule has 0 aliphatic heterocycles. The van der Waals surface area contributed by atoms with Gasteiger partial charge in [-0.25, -0.2) is 9.78 Å². The molecule has 0 atom stereocenters. The Morgan fingerprint density at radius 1 is 1.17 bits per heavy atom. The fourth-order valence-corrected chi connectivity index (χ4v) is 3.98. The average Bonchev–Trinajstić information content (AvgIpc) is 3.47. The van der Waals surface area contributed by atoms with E-state index in [9.17, 15) is 4.79 Å². The van der Waals surface area contributed by atoms with Gasteiger partial charge in [-0.15, -0.1) is 0 Å². The molecule has 5 rings (SSSR count). The van der Waals surface area contributed by atoms with E-state index >= 15 is 0 Å². The Morgan fingerprint density at radius 2 is 2.03 bits per heavy atom. The van der Waals surface area contributed by atoms with Crippen LogP contribution < -0.4 is 0 Å². The Kier molecular flexibility index (Phi) is 4.47. The molecule has 1 aliphatic carbocycles. The second-order valence-electron chi connectivity index (χ2n) is 7.39. The number of carbonyl (C=O) groups is 1. The van der Waals surface area contributed by atoms with Crippen LogP contribution in [0, 0.1) is 13.8 Å². The number of carbonyl (C=O) groups excluding carboxylic acids is 1. The van der Waals surface area contributed by atoms with Crippen molar-refractivity contribution in [2.24, 2.45) is 0 Å². The summed E-state index contributed by atoms with van der Waals surface area (Å²) >= 11 is 0. The van der Waals surface area contributed by atoms with Crippen molar-refractivity contribution in [1.82, 2.24) is 10.1 Å². The van der Waals surface area contributed by atoms with Crippen LogP contribution in [0.2, 0.25) is 0 Å². The first kappa shape index (κ1) is 18.4. The van der Waals surface area contributed by atoms with Gasteiger partial charge < -0.3 is 13.7 Å². The minimum Gasteiger partial charge on any atom is -0.465 e. The topological polar surface area (TPSA) is 78.4 Å². The molecule has 3 aromatic heterocycles. The van der Waals surface area contributed by atoms with Crippen LogP contribution in [0.25, 0.3) is 22.6 Å². The monoisotopic (exact) mass is 400 g/mol. The summed E-state index contributed by atoms with van der Waals surface area (Å²) in [4.78, 5) is 18.1. The van der Waals surface area contributed by atoms with Gasteiger partial charge in [0.15, 0.2) is 0 Å². The smallest absolute Gasteiger partial charge is 0.339 e. The van der Waals surface area contributed by atoms with E-state index in [1.807, 2.05) is 56.3 Å². The van der Waals surface area contributed by atoms with Gasteiger partial charge in [-0.1, -0.05) is 23.4 Å². The molecule has 0 saturated heterocycles. The zero-order chi connectivity index (χ0) is 20.7. The predicted octanol–water partition coefficient (Wildman–Crippen LogP) is 5.28. The fourth-order valence-electron chi connectivity index (χ4n) is 3.98. The third-order valence-corrected chi connectivity index (χ3v) is 5.53. The second kappa shape index (κ2) is 7.30. The lowest BCUT2D eigenvalue weighted by Crippen LogP contribution is -2.11. The molecule has 30 heavy (non-hydrogen) atoms. The Bertz CT molecular complexity index is 1260. The molecule has 0 bridgehead atoms. The third-order valence-electron chi connectivity index (χ3n) is 5.53. The lowest BCUT2D eigenvalue weighted by molar-refractivity contribution is 0.0472. The highest BCUT2D eigenvalue weighted by molar-refractivity contribution is 6.07.